The highest BCUT2D eigenvalue weighted by Crippen LogP contribution is 2.25. The molecule has 0 spiro atoms. The Morgan fingerprint density at radius 3 is 3.00 bits per heavy atom. The Kier molecular flexibility index (Phi) is 5.30. The van der Waals surface area contributed by atoms with E-state index < -0.39 is 0 Å². The Bertz CT molecular complexity index is 522. The zero-order chi connectivity index (χ0) is 13.5. The van der Waals surface area contributed by atoms with Crippen molar-refractivity contribution in [3.8, 4) is 5.75 Å². The number of rotatable bonds is 6. The van der Waals surface area contributed by atoms with Gasteiger partial charge in [-0.1, -0.05) is 6.07 Å². The molecule has 0 amide bonds. The quantitative estimate of drug-likeness (QED) is 0.829. The highest BCUT2D eigenvalue weighted by molar-refractivity contribution is 9.10. The van der Waals surface area contributed by atoms with Crippen LogP contribution < -0.4 is 10.1 Å². The summed E-state index contributed by atoms with van der Waals surface area (Å²) in [6.07, 6.45) is 3.56. The van der Waals surface area contributed by atoms with Crippen LogP contribution in [0.2, 0.25) is 0 Å². The Hall–Kier alpha value is -1.46. The molecule has 0 unspecified atom stereocenters. The number of pyridine rings is 1. The number of benzene rings is 1. The maximum absolute atomic E-state index is 13.0. The van der Waals surface area contributed by atoms with Crippen molar-refractivity contribution in [2.45, 2.75) is 6.54 Å². The Morgan fingerprint density at radius 2 is 2.21 bits per heavy atom. The van der Waals surface area contributed by atoms with Gasteiger partial charge in [-0.15, -0.1) is 0 Å². The summed E-state index contributed by atoms with van der Waals surface area (Å²) in [6, 6.07) is 8.29. The van der Waals surface area contributed by atoms with Crippen LogP contribution in [0.5, 0.6) is 5.75 Å². The second kappa shape index (κ2) is 7.21. The lowest BCUT2D eigenvalue weighted by Gasteiger charge is -2.09. The van der Waals surface area contributed by atoms with Gasteiger partial charge in [-0.3, -0.25) is 4.98 Å². The van der Waals surface area contributed by atoms with Gasteiger partial charge in [0.15, 0.2) is 0 Å². The number of aromatic nitrogens is 1. The van der Waals surface area contributed by atoms with E-state index in [0.29, 0.717) is 18.9 Å². The van der Waals surface area contributed by atoms with E-state index in [1.54, 1.807) is 12.3 Å². The van der Waals surface area contributed by atoms with E-state index in [1.165, 1.54) is 12.1 Å². The average molecular weight is 325 g/mol. The van der Waals surface area contributed by atoms with Crippen LogP contribution in [0.1, 0.15) is 5.56 Å². The molecule has 0 radical (unpaired) electrons. The van der Waals surface area contributed by atoms with E-state index in [-0.39, 0.29) is 5.82 Å². The molecule has 2 rings (SSSR count). The topological polar surface area (TPSA) is 34.1 Å². The van der Waals surface area contributed by atoms with Crippen molar-refractivity contribution in [2.24, 2.45) is 0 Å². The SMILES string of the molecule is Fc1ccc(Br)c(OCCNCc2cccnc2)c1. The van der Waals surface area contributed by atoms with Crippen LogP contribution in [0, 0.1) is 5.82 Å². The van der Waals surface area contributed by atoms with Crippen LogP contribution in [0.15, 0.2) is 47.2 Å². The van der Waals surface area contributed by atoms with E-state index in [1.807, 2.05) is 18.3 Å². The van der Waals surface area contributed by atoms with Crippen molar-refractivity contribution in [3.63, 3.8) is 0 Å². The molecule has 0 aliphatic heterocycles. The average Bonchev–Trinajstić information content (AvgIpc) is 2.43. The molecule has 19 heavy (non-hydrogen) atoms. The van der Waals surface area contributed by atoms with E-state index >= 15 is 0 Å². The fraction of sp³-hybridized carbons (Fsp3) is 0.214. The van der Waals surface area contributed by atoms with E-state index in [4.69, 9.17) is 4.74 Å². The summed E-state index contributed by atoms with van der Waals surface area (Å²) < 4.78 is 19.3. The number of halogens is 2. The molecule has 2 aromatic rings. The van der Waals surface area contributed by atoms with Crippen molar-refractivity contribution >= 4 is 15.9 Å². The predicted octanol–water partition coefficient (Wildman–Crippen LogP) is 3.15. The number of nitrogens with one attached hydrogen (secondary N) is 1. The lowest BCUT2D eigenvalue weighted by molar-refractivity contribution is 0.310. The van der Waals surface area contributed by atoms with Gasteiger partial charge in [0, 0.05) is 31.5 Å². The van der Waals surface area contributed by atoms with Gasteiger partial charge >= 0.3 is 0 Å². The van der Waals surface area contributed by atoms with Gasteiger partial charge in [0.2, 0.25) is 0 Å². The first-order chi connectivity index (χ1) is 9.25. The molecular weight excluding hydrogens is 311 g/mol. The molecule has 0 fully saturated rings. The van der Waals surface area contributed by atoms with Crippen LogP contribution in [0.25, 0.3) is 0 Å². The van der Waals surface area contributed by atoms with Gasteiger partial charge in [0.25, 0.3) is 0 Å². The third kappa shape index (κ3) is 4.61. The molecule has 0 bridgehead atoms. The van der Waals surface area contributed by atoms with Crippen LogP contribution in [-0.2, 0) is 6.54 Å². The smallest absolute Gasteiger partial charge is 0.136 e. The molecule has 1 N–H and O–H groups in total. The zero-order valence-corrected chi connectivity index (χ0v) is 11.9. The van der Waals surface area contributed by atoms with Crippen molar-refractivity contribution in [1.29, 1.82) is 0 Å². The van der Waals surface area contributed by atoms with Gasteiger partial charge in [-0.2, -0.15) is 0 Å². The number of hydrogen-bond donors (Lipinski definition) is 1. The summed E-state index contributed by atoms with van der Waals surface area (Å²) in [7, 11) is 0. The molecule has 1 heterocycles. The van der Waals surface area contributed by atoms with E-state index in [0.717, 1.165) is 16.6 Å². The first-order valence-electron chi connectivity index (χ1n) is 5.93. The summed E-state index contributed by atoms with van der Waals surface area (Å²) in [5, 5.41) is 3.23. The monoisotopic (exact) mass is 324 g/mol. The van der Waals surface area contributed by atoms with Gasteiger partial charge in [-0.05, 0) is 39.7 Å². The minimum Gasteiger partial charge on any atom is -0.491 e. The summed E-state index contributed by atoms with van der Waals surface area (Å²) >= 11 is 3.32. The largest absolute Gasteiger partial charge is 0.491 e. The molecule has 0 saturated heterocycles. The molecule has 3 nitrogen and oxygen atoms in total. The number of ether oxygens (including phenoxy) is 1. The molecular formula is C14H14BrFN2O. The van der Waals surface area contributed by atoms with Crippen molar-refractivity contribution in [1.82, 2.24) is 10.3 Å². The Labute approximate surface area is 119 Å². The van der Waals surface area contributed by atoms with Gasteiger partial charge in [0.05, 0.1) is 4.47 Å². The second-order valence-electron chi connectivity index (χ2n) is 3.96. The maximum atomic E-state index is 13.0. The van der Waals surface area contributed by atoms with Crippen molar-refractivity contribution in [3.05, 3.63) is 58.6 Å². The highest BCUT2D eigenvalue weighted by atomic mass is 79.9. The first kappa shape index (κ1) is 14.0. The lowest BCUT2D eigenvalue weighted by Crippen LogP contribution is -2.20. The van der Waals surface area contributed by atoms with E-state index in [9.17, 15) is 4.39 Å². The molecule has 0 atom stereocenters. The van der Waals surface area contributed by atoms with Crippen LogP contribution in [0.3, 0.4) is 0 Å². The second-order valence-corrected chi connectivity index (χ2v) is 4.82. The van der Waals surface area contributed by atoms with Crippen molar-refractivity contribution < 1.29 is 9.13 Å². The normalized spacial score (nSPS) is 10.4. The minimum atomic E-state index is -0.304. The lowest BCUT2D eigenvalue weighted by atomic mass is 10.3. The standard InChI is InChI=1S/C14H14BrFN2O/c15-13-4-3-12(16)8-14(13)19-7-6-18-10-11-2-1-5-17-9-11/h1-5,8-9,18H,6-7,10H2. The summed E-state index contributed by atoms with van der Waals surface area (Å²) in [4.78, 5) is 4.03. The number of nitrogens with zero attached hydrogens (tertiary/aromatic N) is 1. The fourth-order valence-corrected chi connectivity index (χ4v) is 1.92. The van der Waals surface area contributed by atoms with Crippen LogP contribution >= 0.6 is 15.9 Å². The first-order valence-corrected chi connectivity index (χ1v) is 6.72. The summed E-state index contributed by atoms with van der Waals surface area (Å²) in [5.74, 6) is 0.213. The minimum absolute atomic E-state index is 0.304. The van der Waals surface area contributed by atoms with Crippen molar-refractivity contribution in [2.75, 3.05) is 13.2 Å². The summed E-state index contributed by atoms with van der Waals surface area (Å²) in [5.41, 5.74) is 1.12. The third-order valence-electron chi connectivity index (χ3n) is 2.48. The molecule has 100 valence electrons. The van der Waals surface area contributed by atoms with Gasteiger partial charge < -0.3 is 10.1 Å². The van der Waals surface area contributed by atoms with Gasteiger partial charge in [-0.25, -0.2) is 4.39 Å². The number of hydrogen-bond acceptors (Lipinski definition) is 3. The Morgan fingerprint density at radius 1 is 1.32 bits per heavy atom. The Balaban J connectivity index is 1.71. The van der Waals surface area contributed by atoms with Crippen LogP contribution in [-0.4, -0.2) is 18.1 Å². The third-order valence-corrected chi connectivity index (χ3v) is 3.14. The molecule has 0 saturated carbocycles. The fourth-order valence-electron chi connectivity index (χ4n) is 1.56. The summed E-state index contributed by atoms with van der Waals surface area (Å²) in [6.45, 7) is 1.89. The molecule has 1 aromatic heterocycles. The van der Waals surface area contributed by atoms with Gasteiger partial charge in [0.1, 0.15) is 18.2 Å². The predicted molar refractivity (Wildman–Crippen MR) is 75.5 cm³/mol. The van der Waals surface area contributed by atoms with Crippen LogP contribution in [0.4, 0.5) is 4.39 Å². The van der Waals surface area contributed by atoms with E-state index in [2.05, 4.69) is 26.2 Å². The molecule has 1 aromatic carbocycles. The highest BCUT2D eigenvalue weighted by Gasteiger charge is 2.02. The zero-order valence-electron chi connectivity index (χ0n) is 10.3. The molecule has 0 aliphatic carbocycles. The molecule has 5 heteroatoms. The molecule has 0 aliphatic rings. The maximum Gasteiger partial charge on any atom is 0.136 e.